The number of ether oxygens (including phenoxy) is 2. The van der Waals surface area contributed by atoms with Crippen LogP contribution in [-0.2, 0) is 36.2 Å². The highest BCUT2D eigenvalue weighted by atomic mass is 35.5. The molecule has 0 radical (unpaired) electrons. The van der Waals surface area contributed by atoms with E-state index in [1.54, 1.807) is 30.3 Å². The molecule has 2 N–H and O–H groups in total. The summed E-state index contributed by atoms with van der Waals surface area (Å²) in [4.78, 5) is 71.3. The topological polar surface area (TPSA) is 215 Å². The number of aromatic nitrogens is 2. The third kappa shape index (κ3) is 8.95. The molecule has 0 bridgehead atoms. The van der Waals surface area contributed by atoms with E-state index in [0.29, 0.717) is 30.0 Å². The number of halogens is 1. The van der Waals surface area contributed by atoms with E-state index >= 15 is 0 Å². The smallest absolute Gasteiger partial charge is 0.262 e. The van der Waals surface area contributed by atoms with Crippen LogP contribution in [0.4, 0.5) is 5.69 Å². The van der Waals surface area contributed by atoms with E-state index in [1.165, 1.54) is 24.4 Å². The van der Waals surface area contributed by atoms with Crippen molar-refractivity contribution < 1.29 is 41.9 Å². The number of nitriles is 1. The zero-order valence-corrected chi connectivity index (χ0v) is 32.7. The van der Waals surface area contributed by atoms with E-state index in [4.69, 9.17) is 21.1 Å². The van der Waals surface area contributed by atoms with E-state index < -0.39 is 44.9 Å². The van der Waals surface area contributed by atoms with Crippen LogP contribution in [0.1, 0.15) is 89.1 Å². The summed E-state index contributed by atoms with van der Waals surface area (Å²) in [5.41, 5.74) is 2.25. The quantitative estimate of drug-likeness (QED) is 0.0989. The molecule has 3 heterocycles. The molecule has 1 saturated heterocycles. The van der Waals surface area contributed by atoms with E-state index in [2.05, 4.69) is 26.7 Å². The number of carbonyl (C=O) groups excluding carboxylic acids is 5. The van der Waals surface area contributed by atoms with Crippen LogP contribution in [-0.4, -0.2) is 71.7 Å². The van der Waals surface area contributed by atoms with Gasteiger partial charge in [0.1, 0.15) is 24.5 Å². The molecule has 1 aromatic heterocycles. The van der Waals surface area contributed by atoms with Gasteiger partial charge in [-0.2, -0.15) is 5.26 Å². The maximum Gasteiger partial charge on any atom is 0.262 e. The minimum absolute atomic E-state index is 0.0106. The first-order chi connectivity index (χ1) is 27.1. The van der Waals surface area contributed by atoms with Crippen LogP contribution in [0, 0.1) is 11.3 Å². The van der Waals surface area contributed by atoms with E-state index in [9.17, 15) is 37.7 Å². The summed E-state index contributed by atoms with van der Waals surface area (Å²) in [6, 6.07) is 17.8. The second kappa shape index (κ2) is 16.5. The van der Waals surface area contributed by atoms with Gasteiger partial charge in [0, 0.05) is 36.4 Å². The highest BCUT2D eigenvalue weighted by Crippen LogP contribution is 2.39. The average molecular weight is 813 g/mol. The number of fused-ring (bicyclic) bond motifs is 1. The Bertz CT molecular complexity index is 2450. The Morgan fingerprint density at radius 1 is 1.00 bits per heavy atom. The van der Waals surface area contributed by atoms with Gasteiger partial charge >= 0.3 is 0 Å². The largest absolute Gasteiger partial charge is 0.491 e. The van der Waals surface area contributed by atoms with Crippen LogP contribution in [0.25, 0.3) is 0 Å². The number of imide groups is 2. The first kappa shape index (κ1) is 40.5. The number of rotatable bonds is 14. The Kier molecular flexibility index (Phi) is 11.7. The maximum atomic E-state index is 13.1. The molecular formula is C40H37ClN6O9S. The number of amides is 5. The monoisotopic (exact) mass is 812 g/mol. The zero-order chi connectivity index (χ0) is 41.1. The second-order valence-corrected chi connectivity index (χ2v) is 16.4. The van der Waals surface area contributed by atoms with Crippen LogP contribution in [0.5, 0.6) is 11.5 Å². The van der Waals surface area contributed by atoms with Crippen LogP contribution in [0.15, 0.2) is 72.0 Å². The molecule has 0 aliphatic carbocycles. The summed E-state index contributed by atoms with van der Waals surface area (Å²) < 4.78 is 35.3. The van der Waals surface area contributed by atoms with Crippen molar-refractivity contribution >= 4 is 56.7 Å². The van der Waals surface area contributed by atoms with Crippen molar-refractivity contribution in [2.75, 3.05) is 18.2 Å². The molecular weight excluding hydrogens is 776 g/mol. The summed E-state index contributed by atoms with van der Waals surface area (Å²) in [5, 5.41) is 14.9. The third-order valence-electron chi connectivity index (χ3n) is 9.64. The summed E-state index contributed by atoms with van der Waals surface area (Å²) in [6.45, 7) is 4.21. The fraction of sp³-hybridized carbons (Fsp3) is 0.300. The van der Waals surface area contributed by atoms with Crippen LogP contribution in [0.3, 0.4) is 0 Å². The van der Waals surface area contributed by atoms with Crippen molar-refractivity contribution in [3.05, 3.63) is 105 Å². The summed E-state index contributed by atoms with van der Waals surface area (Å²) in [7, 11) is -3.55. The van der Waals surface area contributed by atoms with Crippen LogP contribution in [0.2, 0.25) is 5.02 Å². The third-order valence-corrected chi connectivity index (χ3v) is 10.8. The highest BCUT2D eigenvalue weighted by Gasteiger charge is 2.44. The lowest BCUT2D eigenvalue weighted by Gasteiger charge is -2.27. The number of benzene rings is 3. The minimum atomic E-state index is -3.55. The highest BCUT2D eigenvalue weighted by molar-refractivity contribution is 7.90. The first-order valence-electron chi connectivity index (χ1n) is 17.8. The molecule has 1 atom stereocenters. The summed E-state index contributed by atoms with van der Waals surface area (Å²) >= 11 is 6.66. The lowest BCUT2D eigenvalue weighted by molar-refractivity contribution is -0.136. The molecule has 0 spiro atoms. The average Bonchev–Trinajstić information content (AvgIpc) is 3.41. The molecule has 3 aromatic carbocycles. The van der Waals surface area contributed by atoms with Gasteiger partial charge in [0.15, 0.2) is 5.75 Å². The molecule has 6 rings (SSSR count). The second-order valence-electron chi connectivity index (χ2n) is 14.0. The molecule has 15 nitrogen and oxygen atoms in total. The van der Waals surface area contributed by atoms with Crippen molar-refractivity contribution in [1.82, 2.24) is 20.2 Å². The Morgan fingerprint density at radius 3 is 2.44 bits per heavy atom. The number of carbonyl (C=O) groups is 5. The number of nitrogens with one attached hydrogen (secondary N) is 2. The first-order valence-corrected chi connectivity index (χ1v) is 20.1. The van der Waals surface area contributed by atoms with Gasteiger partial charge in [0.05, 0.1) is 34.0 Å². The van der Waals surface area contributed by atoms with Gasteiger partial charge in [-0.3, -0.25) is 34.2 Å². The molecule has 2 aliphatic heterocycles. The zero-order valence-electron chi connectivity index (χ0n) is 31.1. The number of unbranched alkanes of at least 4 members (excludes halogenated alkanes) is 1. The fourth-order valence-corrected chi connectivity index (χ4v) is 7.25. The van der Waals surface area contributed by atoms with Crippen molar-refractivity contribution in [3.8, 4) is 17.6 Å². The molecule has 0 saturated carbocycles. The summed E-state index contributed by atoms with van der Waals surface area (Å²) in [6.07, 6.45) is 3.47. The molecule has 17 heteroatoms. The molecule has 4 aromatic rings. The lowest BCUT2D eigenvalue weighted by Crippen LogP contribution is -2.54. The predicted octanol–water partition coefficient (Wildman–Crippen LogP) is 4.90. The number of sulfone groups is 1. The molecule has 2 aliphatic rings. The lowest BCUT2D eigenvalue weighted by atomic mass is 9.77. The van der Waals surface area contributed by atoms with Gasteiger partial charge in [-0.15, -0.1) is 0 Å². The van der Waals surface area contributed by atoms with Gasteiger partial charge in [-0.25, -0.2) is 18.4 Å². The molecule has 1 unspecified atom stereocenters. The van der Waals surface area contributed by atoms with Gasteiger partial charge < -0.3 is 14.8 Å². The van der Waals surface area contributed by atoms with Gasteiger partial charge in [-0.05, 0) is 78.9 Å². The standard InChI is InChI=1S/C40H37ClN6O9S/c1-40(2,24-7-10-28(11-8-24)56-22-27-15-16-43-39(45-27)57(3,53)54)25-18-23(21-42)35(31(41)19-25)55-17-5-4-6-33(48)44-26-9-12-29-30(20-26)38(52)47(37(29)51)32-13-14-34(49)46-36(32)50/h7-12,15-16,18-20,32H,4-6,13-14,17,22H2,1-3H3,(H,44,48)(H,46,49,50). The normalized spacial score (nSPS) is 15.5. The van der Waals surface area contributed by atoms with Crippen molar-refractivity contribution in [2.24, 2.45) is 0 Å². The number of hydrogen-bond acceptors (Lipinski definition) is 12. The SMILES string of the molecule is CC(C)(c1ccc(OCc2ccnc(S(C)(=O)=O)n2)cc1)c1cc(Cl)c(OCCCCC(=O)Nc2ccc3c(c2)C(=O)N(C2CCC(=O)NC2=O)C3=O)c(C#N)c1. The maximum absolute atomic E-state index is 13.1. The molecule has 1 fully saturated rings. The molecule has 57 heavy (non-hydrogen) atoms. The van der Waals surface area contributed by atoms with Crippen LogP contribution < -0.4 is 20.1 Å². The van der Waals surface area contributed by atoms with E-state index in [-0.39, 0.29) is 71.0 Å². The summed E-state index contributed by atoms with van der Waals surface area (Å²) in [5.74, 6) is -2.02. The van der Waals surface area contributed by atoms with Gasteiger partial charge in [0.25, 0.3) is 11.8 Å². The van der Waals surface area contributed by atoms with Crippen molar-refractivity contribution in [3.63, 3.8) is 0 Å². The Hall–Kier alpha value is -6.18. The predicted molar refractivity (Wildman–Crippen MR) is 205 cm³/mol. The van der Waals surface area contributed by atoms with Gasteiger partial charge in [0.2, 0.25) is 32.7 Å². The minimum Gasteiger partial charge on any atom is -0.491 e. The number of piperidine rings is 1. The van der Waals surface area contributed by atoms with E-state index in [1.807, 2.05) is 26.0 Å². The van der Waals surface area contributed by atoms with Crippen molar-refractivity contribution in [1.29, 1.82) is 5.26 Å². The molecule has 5 amide bonds. The fourth-order valence-electron chi connectivity index (χ4n) is 6.44. The number of hydrogen-bond donors (Lipinski definition) is 2. The Morgan fingerprint density at radius 2 is 1.74 bits per heavy atom. The Balaban J connectivity index is 0.997. The molecule has 294 valence electrons. The van der Waals surface area contributed by atoms with Crippen molar-refractivity contribution in [2.45, 2.75) is 69.2 Å². The Labute approximate surface area is 333 Å². The number of nitrogens with zero attached hydrogens (tertiary/aromatic N) is 4. The van der Waals surface area contributed by atoms with Gasteiger partial charge in [-0.1, -0.05) is 37.6 Å². The van der Waals surface area contributed by atoms with Crippen LogP contribution >= 0.6 is 11.6 Å². The number of anilines is 1. The van der Waals surface area contributed by atoms with E-state index in [0.717, 1.165) is 22.3 Å².